The Bertz CT molecular complexity index is 1880. The van der Waals surface area contributed by atoms with Crippen LogP contribution >= 0.6 is 11.8 Å². The molecule has 0 spiro atoms. The zero-order valence-corrected chi connectivity index (χ0v) is 25.5. The number of hydrogen-bond donors (Lipinski definition) is 3. The molecule has 10 heteroatoms. The van der Waals surface area contributed by atoms with Crippen molar-refractivity contribution in [2.45, 2.75) is 16.3 Å². The van der Waals surface area contributed by atoms with Gasteiger partial charge in [0.1, 0.15) is 10.9 Å². The zero-order valence-electron chi connectivity index (χ0n) is 24.7. The van der Waals surface area contributed by atoms with Gasteiger partial charge >= 0.3 is 6.18 Å². The highest BCUT2D eigenvalue weighted by Crippen LogP contribution is 2.39. The molecule has 1 unspecified atom stereocenters. The van der Waals surface area contributed by atoms with Crippen molar-refractivity contribution in [1.29, 1.82) is 0 Å². The van der Waals surface area contributed by atoms with Crippen molar-refractivity contribution < 1.29 is 27.6 Å². The van der Waals surface area contributed by atoms with Gasteiger partial charge in [-0.15, -0.1) is 11.8 Å². The quantitative estimate of drug-likeness (QED) is 0.104. The number of rotatable bonds is 10. The predicted molar refractivity (Wildman–Crippen MR) is 179 cm³/mol. The first-order valence-corrected chi connectivity index (χ1v) is 15.3. The largest absolute Gasteiger partial charge is 0.418 e. The molecule has 0 radical (unpaired) electrons. The number of benzene rings is 5. The van der Waals surface area contributed by atoms with Crippen molar-refractivity contribution in [2.75, 3.05) is 10.6 Å². The number of amides is 3. The number of carbonyl (C=O) groups excluding carboxylic acids is 3. The molecule has 3 N–H and O–H groups in total. The molecule has 0 aliphatic heterocycles. The van der Waals surface area contributed by atoms with Gasteiger partial charge in [0.05, 0.1) is 11.3 Å². The van der Waals surface area contributed by atoms with E-state index in [9.17, 15) is 27.6 Å². The first-order chi connectivity index (χ1) is 22.7. The fourth-order valence-corrected chi connectivity index (χ4v) is 5.66. The van der Waals surface area contributed by atoms with Gasteiger partial charge in [0.15, 0.2) is 0 Å². The van der Waals surface area contributed by atoms with Crippen LogP contribution in [0.3, 0.4) is 0 Å². The number of para-hydroxylation sites is 1. The van der Waals surface area contributed by atoms with E-state index in [1.54, 1.807) is 103 Å². The van der Waals surface area contributed by atoms with Gasteiger partial charge in [-0.1, -0.05) is 97.1 Å². The topological polar surface area (TPSA) is 87.3 Å². The second-order valence-corrected chi connectivity index (χ2v) is 11.4. The number of carbonyl (C=O) groups is 3. The summed E-state index contributed by atoms with van der Waals surface area (Å²) in [6.07, 6.45) is -3.09. The summed E-state index contributed by atoms with van der Waals surface area (Å²) in [7, 11) is 0. The zero-order chi connectivity index (χ0) is 33.2. The predicted octanol–water partition coefficient (Wildman–Crippen LogP) is 8.59. The van der Waals surface area contributed by atoms with E-state index >= 15 is 0 Å². The van der Waals surface area contributed by atoms with E-state index in [-0.39, 0.29) is 11.4 Å². The Balaban J connectivity index is 1.38. The normalized spacial score (nSPS) is 12.1. The molecule has 5 aromatic rings. The van der Waals surface area contributed by atoms with E-state index in [1.807, 2.05) is 18.2 Å². The summed E-state index contributed by atoms with van der Waals surface area (Å²) >= 11 is 1.11. The Morgan fingerprint density at radius 1 is 0.681 bits per heavy atom. The summed E-state index contributed by atoms with van der Waals surface area (Å²) in [6.45, 7) is 0. The van der Waals surface area contributed by atoms with Crippen LogP contribution in [0.25, 0.3) is 6.08 Å². The molecule has 0 saturated carbocycles. The standard InChI is InChI=1S/C37H28F3N3O3S/c38-37(39,40)30-21-10-11-22-31(30)42-36(46)33(26-15-6-2-7-16-26)47-29-20-12-19-28(24-29)41-35(45)32(23-25-13-4-1-5-14-25)43-34(44)27-17-8-3-9-18-27/h1-24,33H,(H,41,45)(H,42,46)(H,43,44)/b32-23-. The maximum Gasteiger partial charge on any atom is 0.418 e. The molecule has 0 heterocycles. The van der Waals surface area contributed by atoms with Crippen LogP contribution in [0, 0.1) is 0 Å². The molecule has 3 amide bonds. The molecular weight excluding hydrogens is 623 g/mol. The Kier molecular flexibility index (Phi) is 10.5. The fraction of sp³-hybridized carbons (Fsp3) is 0.0541. The van der Waals surface area contributed by atoms with Gasteiger partial charge in [0.25, 0.3) is 11.8 Å². The summed E-state index contributed by atoms with van der Waals surface area (Å²) in [5.74, 6) is -1.69. The van der Waals surface area contributed by atoms with E-state index in [4.69, 9.17) is 0 Å². The highest BCUT2D eigenvalue weighted by atomic mass is 32.2. The van der Waals surface area contributed by atoms with E-state index in [1.165, 1.54) is 18.2 Å². The van der Waals surface area contributed by atoms with E-state index < -0.39 is 34.7 Å². The third-order valence-electron chi connectivity index (χ3n) is 6.82. The maximum absolute atomic E-state index is 13.6. The molecule has 0 aliphatic carbocycles. The van der Waals surface area contributed by atoms with Gasteiger partial charge in [-0.2, -0.15) is 13.2 Å². The second kappa shape index (κ2) is 15.1. The minimum atomic E-state index is -4.65. The molecule has 236 valence electrons. The Hall–Kier alpha value is -5.61. The highest BCUT2D eigenvalue weighted by Gasteiger charge is 2.34. The summed E-state index contributed by atoms with van der Waals surface area (Å²) in [5, 5.41) is 7.03. The number of nitrogens with one attached hydrogen (secondary N) is 3. The average Bonchev–Trinajstić information content (AvgIpc) is 3.08. The van der Waals surface area contributed by atoms with Crippen LogP contribution in [-0.2, 0) is 15.8 Å². The minimum Gasteiger partial charge on any atom is -0.324 e. The molecule has 0 aliphatic rings. The van der Waals surface area contributed by atoms with Crippen LogP contribution in [-0.4, -0.2) is 17.7 Å². The van der Waals surface area contributed by atoms with Gasteiger partial charge in [0, 0.05) is 16.1 Å². The monoisotopic (exact) mass is 651 g/mol. The molecule has 6 nitrogen and oxygen atoms in total. The number of thioether (sulfide) groups is 1. The molecule has 1 atom stereocenters. The molecule has 5 rings (SSSR count). The highest BCUT2D eigenvalue weighted by molar-refractivity contribution is 8.00. The first kappa shape index (κ1) is 32.8. The van der Waals surface area contributed by atoms with Gasteiger partial charge in [-0.05, 0) is 59.7 Å². The number of alkyl halides is 3. The fourth-order valence-electron chi connectivity index (χ4n) is 4.58. The summed E-state index contributed by atoms with van der Waals surface area (Å²) in [6, 6.07) is 37.7. The average molecular weight is 652 g/mol. The van der Waals surface area contributed by atoms with E-state index in [0.717, 1.165) is 17.8 Å². The van der Waals surface area contributed by atoms with Crippen LogP contribution in [0.1, 0.15) is 32.3 Å². The van der Waals surface area contributed by atoms with Gasteiger partial charge in [-0.3, -0.25) is 14.4 Å². The van der Waals surface area contributed by atoms with Gasteiger partial charge < -0.3 is 16.0 Å². The van der Waals surface area contributed by atoms with Crippen LogP contribution in [0.5, 0.6) is 0 Å². The van der Waals surface area contributed by atoms with Crippen molar-refractivity contribution in [3.8, 4) is 0 Å². The molecule has 0 saturated heterocycles. The third-order valence-corrected chi connectivity index (χ3v) is 8.06. The molecule has 0 fully saturated rings. The summed E-state index contributed by atoms with van der Waals surface area (Å²) < 4.78 is 40.9. The third kappa shape index (κ3) is 8.99. The van der Waals surface area contributed by atoms with E-state index in [0.29, 0.717) is 27.3 Å². The van der Waals surface area contributed by atoms with Gasteiger partial charge in [-0.25, -0.2) is 0 Å². The lowest BCUT2D eigenvalue weighted by Crippen LogP contribution is -2.30. The number of halogens is 3. The lowest BCUT2D eigenvalue weighted by atomic mass is 10.1. The SMILES string of the molecule is O=C(Nc1cccc(SC(C(=O)Nc2ccccc2C(F)(F)F)c2ccccc2)c1)/C(=C/c1ccccc1)NC(=O)c1ccccc1. The minimum absolute atomic E-state index is 0.00739. The maximum atomic E-state index is 13.6. The van der Waals surface area contributed by atoms with Crippen molar-refractivity contribution >= 4 is 46.9 Å². The second-order valence-electron chi connectivity index (χ2n) is 10.2. The smallest absolute Gasteiger partial charge is 0.324 e. The van der Waals surface area contributed by atoms with Crippen molar-refractivity contribution in [2.24, 2.45) is 0 Å². The first-order valence-electron chi connectivity index (χ1n) is 14.4. The molecule has 0 aromatic heterocycles. The molecular formula is C37H28F3N3O3S. The van der Waals surface area contributed by atoms with Crippen LogP contribution in [0.4, 0.5) is 24.5 Å². The number of hydrogen-bond acceptors (Lipinski definition) is 4. The van der Waals surface area contributed by atoms with Crippen molar-refractivity contribution in [1.82, 2.24) is 5.32 Å². The summed E-state index contributed by atoms with van der Waals surface area (Å²) in [4.78, 5) is 40.5. The lowest BCUT2D eigenvalue weighted by Gasteiger charge is -2.19. The Morgan fingerprint density at radius 2 is 1.30 bits per heavy atom. The van der Waals surface area contributed by atoms with Crippen LogP contribution in [0.15, 0.2) is 150 Å². The van der Waals surface area contributed by atoms with Crippen LogP contribution in [0.2, 0.25) is 0 Å². The summed E-state index contributed by atoms with van der Waals surface area (Å²) in [5.41, 5.74) is 0.734. The van der Waals surface area contributed by atoms with Crippen molar-refractivity contribution in [3.05, 3.63) is 167 Å². The Morgan fingerprint density at radius 3 is 1.98 bits per heavy atom. The van der Waals surface area contributed by atoms with Crippen LogP contribution < -0.4 is 16.0 Å². The molecule has 47 heavy (non-hydrogen) atoms. The Labute approximate surface area is 273 Å². The molecule has 0 bridgehead atoms. The lowest BCUT2D eigenvalue weighted by molar-refractivity contribution is -0.137. The van der Waals surface area contributed by atoms with E-state index in [2.05, 4.69) is 16.0 Å². The molecule has 5 aromatic carbocycles. The van der Waals surface area contributed by atoms with Crippen molar-refractivity contribution in [3.63, 3.8) is 0 Å². The number of anilines is 2. The van der Waals surface area contributed by atoms with Gasteiger partial charge in [0.2, 0.25) is 5.91 Å².